The van der Waals surface area contributed by atoms with Crippen molar-refractivity contribution in [1.82, 2.24) is 9.88 Å². The standard InChI is InChI=1S/C19H17ClN2O3/c20-15-6-4-14(5-7-15)10-11-21-19(24)17-9-8-16(25-17)13-22-12-2-1-3-18(22)23/h1-9,12H,10-11,13H2,(H,21,24). The van der Waals surface area contributed by atoms with Gasteiger partial charge in [0.1, 0.15) is 5.76 Å². The average Bonchev–Trinajstić information content (AvgIpc) is 3.07. The number of furan rings is 1. The molecular weight excluding hydrogens is 340 g/mol. The molecule has 0 fully saturated rings. The molecule has 0 aliphatic rings. The Balaban J connectivity index is 1.54. The van der Waals surface area contributed by atoms with Gasteiger partial charge < -0.3 is 14.3 Å². The first kappa shape index (κ1) is 17.0. The Morgan fingerprint density at radius 1 is 1.08 bits per heavy atom. The van der Waals surface area contributed by atoms with Crippen molar-refractivity contribution in [3.8, 4) is 0 Å². The number of nitrogens with zero attached hydrogens (tertiary/aromatic N) is 1. The maximum atomic E-state index is 12.1. The van der Waals surface area contributed by atoms with Crippen molar-refractivity contribution in [1.29, 1.82) is 0 Å². The second kappa shape index (κ2) is 7.85. The molecule has 2 heterocycles. The molecule has 0 aliphatic heterocycles. The van der Waals surface area contributed by atoms with Crippen LogP contribution < -0.4 is 10.9 Å². The third-order valence-electron chi connectivity index (χ3n) is 3.72. The topological polar surface area (TPSA) is 64.2 Å². The zero-order chi connectivity index (χ0) is 17.6. The van der Waals surface area contributed by atoms with E-state index in [1.54, 1.807) is 30.5 Å². The number of rotatable bonds is 6. The van der Waals surface area contributed by atoms with Gasteiger partial charge in [-0.2, -0.15) is 0 Å². The minimum atomic E-state index is -0.277. The number of carbonyl (C=O) groups is 1. The van der Waals surface area contributed by atoms with Crippen LogP contribution in [0.25, 0.3) is 0 Å². The third kappa shape index (κ3) is 4.61. The molecule has 3 rings (SSSR count). The van der Waals surface area contributed by atoms with Crippen LogP contribution in [0.2, 0.25) is 5.02 Å². The Morgan fingerprint density at radius 2 is 1.88 bits per heavy atom. The summed E-state index contributed by atoms with van der Waals surface area (Å²) in [7, 11) is 0. The Bertz CT molecular complexity index is 913. The zero-order valence-electron chi connectivity index (χ0n) is 13.4. The van der Waals surface area contributed by atoms with E-state index in [0.29, 0.717) is 23.7 Å². The summed E-state index contributed by atoms with van der Waals surface area (Å²) in [4.78, 5) is 23.8. The predicted octanol–water partition coefficient (Wildman–Crippen LogP) is 3.12. The van der Waals surface area contributed by atoms with Gasteiger partial charge in [-0.3, -0.25) is 9.59 Å². The lowest BCUT2D eigenvalue weighted by Gasteiger charge is -2.04. The van der Waals surface area contributed by atoms with Crippen LogP contribution >= 0.6 is 11.6 Å². The van der Waals surface area contributed by atoms with Gasteiger partial charge >= 0.3 is 0 Å². The van der Waals surface area contributed by atoms with E-state index in [9.17, 15) is 9.59 Å². The fourth-order valence-electron chi connectivity index (χ4n) is 2.40. The first-order valence-corrected chi connectivity index (χ1v) is 8.26. The number of aromatic nitrogens is 1. The molecule has 0 unspecified atom stereocenters. The number of benzene rings is 1. The number of halogens is 1. The molecule has 2 aromatic heterocycles. The van der Waals surface area contributed by atoms with Crippen LogP contribution in [0.3, 0.4) is 0 Å². The van der Waals surface area contributed by atoms with E-state index in [4.69, 9.17) is 16.0 Å². The van der Waals surface area contributed by atoms with Gasteiger partial charge in [-0.1, -0.05) is 29.8 Å². The lowest BCUT2D eigenvalue weighted by molar-refractivity contribution is 0.0924. The second-order valence-corrected chi connectivity index (χ2v) is 6.00. The van der Waals surface area contributed by atoms with Crippen LogP contribution in [-0.2, 0) is 13.0 Å². The Labute approximate surface area is 149 Å². The van der Waals surface area contributed by atoms with Gasteiger partial charge in [0.15, 0.2) is 5.76 Å². The van der Waals surface area contributed by atoms with E-state index in [1.165, 1.54) is 10.6 Å². The number of amides is 1. The van der Waals surface area contributed by atoms with E-state index in [1.807, 2.05) is 24.3 Å². The zero-order valence-corrected chi connectivity index (χ0v) is 14.2. The van der Waals surface area contributed by atoms with E-state index in [2.05, 4.69) is 5.32 Å². The van der Waals surface area contributed by atoms with E-state index in [-0.39, 0.29) is 23.8 Å². The van der Waals surface area contributed by atoms with Crippen LogP contribution in [0.5, 0.6) is 0 Å². The summed E-state index contributed by atoms with van der Waals surface area (Å²) in [5.41, 5.74) is 0.973. The molecule has 1 aromatic carbocycles. The van der Waals surface area contributed by atoms with Crippen LogP contribution in [0.15, 0.2) is 70.0 Å². The molecule has 3 aromatic rings. The van der Waals surface area contributed by atoms with Crippen LogP contribution in [-0.4, -0.2) is 17.0 Å². The van der Waals surface area contributed by atoms with Crippen LogP contribution in [0.1, 0.15) is 21.9 Å². The monoisotopic (exact) mass is 356 g/mol. The van der Waals surface area contributed by atoms with E-state index in [0.717, 1.165) is 5.56 Å². The van der Waals surface area contributed by atoms with Crippen molar-refractivity contribution in [3.05, 3.63) is 93.3 Å². The molecule has 128 valence electrons. The average molecular weight is 357 g/mol. The first-order chi connectivity index (χ1) is 12.1. The highest BCUT2D eigenvalue weighted by Gasteiger charge is 2.11. The van der Waals surface area contributed by atoms with Gasteiger partial charge in [-0.15, -0.1) is 0 Å². The molecule has 6 heteroatoms. The summed E-state index contributed by atoms with van der Waals surface area (Å²) in [6.45, 7) is 0.784. The van der Waals surface area contributed by atoms with Crippen LogP contribution in [0, 0.1) is 0 Å². The van der Waals surface area contributed by atoms with Gasteiger partial charge in [-0.05, 0) is 42.3 Å². The quantitative estimate of drug-likeness (QED) is 0.738. The molecular formula is C19H17ClN2O3. The Hall–Kier alpha value is -2.79. The number of pyridine rings is 1. The summed E-state index contributed by atoms with van der Waals surface area (Å²) in [5.74, 6) is 0.506. The fourth-order valence-corrected chi connectivity index (χ4v) is 2.53. The van der Waals surface area contributed by atoms with Crippen molar-refractivity contribution in [2.75, 3.05) is 6.54 Å². The van der Waals surface area contributed by atoms with Crippen LogP contribution in [0.4, 0.5) is 0 Å². The molecule has 5 nitrogen and oxygen atoms in total. The Morgan fingerprint density at radius 3 is 2.64 bits per heavy atom. The highest BCUT2D eigenvalue weighted by atomic mass is 35.5. The smallest absolute Gasteiger partial charge is 0.287 e. The summed E-state index contributed by atoms with van der Waals surface area (Å²) >= 11 is 5.84. The minimum absolute atomic E-state index is 0.118. The number of carbonyl (C=O) groups excluding carboxylic acids is 1. The fraction of sp³-hybridized carbons (Fsp3) is 0.158. The van der Waals surface area contributed by atoms with Crippen molar-refractivity contribution in [2.24, 2.45) is 0 Å². The summed E-state index contributed by atoms with van der Waals surface area (Å²) < 4.78 is 7.05. The molecule has 0 atom stereocenters. The van der Waals surface area contributed by atoms with Gasteiger partial charge in [-0.25, -0.2) is 0 Å². The molecule has 0 radical (unpaired) electrons. The highest BCUT2D eigenvalue weighted by Crippen LogP contribution is 2.11. The van der Waals surface area contributed by atoms with Gasteiger partial charge in [0, 0.05) is 23.8 Å². The molecule has 1 N–H and O–H groups in total. The summed E-state index contributed by atoms with van der Waals surface area (Å²) in [6.07, 6.45) is 2.38. The molecule has 0 aliphatic carbocycles. The predicted molar refractivity (Wildman–Crippen MR) is 96.0 cm³/mol. The van der Waals surface area contributed by atoms with Crippen molar-refractivity contribution in [2.45, 2.75) is 13.0 Å². The molecule has 25 heavy (non-hydrogen) atoms. The van der Waals surface area contributed by atoms with Crippen molar-refractivity contribution < 1.29 is 9.21 Å². The lowest BCUT2D eigenvalue weighted by atomic mass is 10.1. The molecule has 0 saturated carbocycles. The SMILES string of the molecule is O=C(NCCc1ccc(Cl)cc1)c1ccc(Cn2ccccc2=O)o1. The van der Waals surface area contributed by atoms with Gasteiger partial charge in [0.05, 0.1) is 6.54 Å². The van der Waals surface area contributed by atoms with Crippen molar-refractivity contribution in [3.63, 3.8) is 0 Å². The number of hydrogen-bond acceptors (Lipinski definition) is 3. The maximum Gasteiger partial charge on any atom is 0.287 e. The third-order valence-corrected chi connectivity index (χ3v) is 3.98. The maximum absolute atomic E-state index is 12.1. The highest BCUT2D eigenvalue weighted by molar-refractivity contribution is 6.30. The largest absolute Gasteiger partial charge is 0.454 e. The molecule has 0 saturated heterocycles. The van der Waals surface area contributed by atoms with Gasteiger partial charge in [0.25, 0.3) is 11.5 Å². The first-order valence-electron chi connectivity index (χ1n) is 7.88. The summed E-state index contributed by atoms with van der Waals surface area (Å²) in [6, 6.07) is 15.7. The lowest BCUT2D eigenvalue weighted by Crippen LogP contribution is -2.25. The number of hydrogen-bond donors (Lipinski definition) is 1. The molecule has 0 bridgehead atoms. The normalized spacial score (nSPS) is 10.6. The molecule has 1 amide bonds. The summed E-state index contributed by atoms with van der Waals surface area (Å²) in [5, 5.41) is 3.50. The number of nitrogens with one attached hydrogen (secondary N) is 1. The minimum Gasteiger partial charge on any atom is -0.454 e. The Kier molecular flexibility index (Phi) is 5.36. The van der Waals surface area contributed by atoms with E-state index < -0.39 is 0 Å². The van der Waals surface area contributed by atoms with Gasteiger partial charge in [0.2, 0.25) is 0 Å². The van der Waals surface area contributed by atoms with Crippen molar-refractivity contribution >= 4 is 17.5 Å². The van der Waals surface area contributed by atoms with E-state index >= 15 is 0 Å². The second-order valence-electron chi connectivity index (χ2n) is 5.57. The molecule has 0 spiro atoms.